The van der Waals surface area contributed by atoms with E-state index in [1.165, 1.54) is 18.2 Å². The molecule has 4 nitrogen and oxygen atoms in total. The van der Waals surface area contributed by atoms with Gasteiger partial charge in [0.05, 0.1) is 12.2 Å². The summed E-state index contributed by atoms with van der Waals surface area (Å²) in [6.45, 7) is 5.88. The first-order chi connectivity index (χ1) is 9.22. The van der Waals surface area contributed by atoms with Crippen LogP contribution in [-0.2, 0) is 4.74 Å². The molecule has 5 heteroatoms. The van der Waals surface area contributed by atoms with E-state index in [1.54, 1.807) is 0 Å². The molecular weight excluding hydrogens is 249 g/mol. The number of hydrogen-bond acceptors (Lipinski definition) is 4. The average molecular weight is 267 g/mol. The van der Waals surface area contributed by atoms with Crippen molar-refractivity contribution in [3.8, 4) is 5.75 Å². The first-order valence-electron chi connectivity index (χ1n) is 6.44. The van der Waals surface area contributed by atoms with Gasteiger partial charge in [-0.15, -0.1) is 0 Å². The standard InChI is InChI=1S/C14H18FNO3/c1-2-16-5-6-18-13(8-16)10-19-14-4-3-12(15)7-11(14)9-17/h3-4,7,9,13H,2,5-6,8,10H2,1H3. The molecule has 1 aliphatic rings. The van der Waals surface area contributed by atoms with E-state index in [2.05, 4.69) is 11.8 Å². The van der Waals surface area contributed by atoms with Gasteiger partial charge in [0.2, 0.25) is 0 Å². The maximum absolute atomic E-state index is 13.0. The van der Waals surface area contributed by atoms with E-state index in [0.29, 0.717) is 25.2 Å². The van der Waals surface area contributed by atoms with E-state index >= 15 is 0 Å². The Hall–Kier alpha value is -1.46. The maximum Gasteiger partial charge on any atom is 0.153 e. The number of rotatable bonds is 5. The lowest BCUT2D eigenvalue weighted by Crippen LogP contribution is -2.44. The van der Waals surface area contributed by atoms with Crippen molar-refractivity contribution in [2.45, 2.75) is 13.0 Å². The number of morpholine rings is 1. The average Bonchev–Trinajstić information content (AvgIpc) is 2.46. The Morgan fingerprint density at radius 3 is 3.16 bits per heavy atom. The predicted molar refractivity (Wildman–Crippen MR) is 69.1 cm³/mol. The van der Waals surface area contributed by atoms with Crippen LogP contribution in [0, 0.1) is 5.82 Å². The van der Waals surface area contributed by atoms with Crippen molar-refractivity contribution in [2.24, 2.45) is 0 Å². The molecule has 0 bridgehead atoms. The SMILES string of the molecule is CCN1CCOC(COc2ccc(F)cc2C=O)C1. The second-order valence-electron chi connectivity index (χ2n) is 4.50. The van der Waals surface area contributed by atoms with Gasteiger partial charge in [-0.1, -0.05) is 6.92 Å². The summed E-state index contributed by atoms with van der Waals surface area (Å²) in [5.41, 5.74) is 0.225. The Balaban J connectivity index is 1.93. The van der Waals surface area contributed by atoms with Crippen molar-refractivity contribution >= 4 is 6.29 Å². The fraction of sp³-hybridized carbons (Fsp3) is 0.500. The van der Waals surface area contributed by atoms with Crippen molar-refractivity contribution < 1.29 is 18.7 Å². The fourth-order valence-corrected chi connectivity index (χ4v) is 2.09. The summed E-state index contributed by atoms with van der Waals surface area (Å²) in [5.74, 6) is -0.0471. The Morgan fingerprint density at radius 1 is 1.58 bits per heavy atom. The van der Waals surface area contributed by atoms with Gasteiger partial charge in [-0.25, -0.2) is 4.39 Å². The van der Waals surface area contributed by atoms with Gasteiger partial charge in [0.1, 0.15) is 24.3 Å². The number of ether oxygens (including phenoxy) is 2. The largest absolute Gasteiger partial charge is 0.490 e. The zero-order valence-electron chi connectivity index (χ0n) is 11.0. The van der Waals surface area contributed by atoms with Crippen molar-refractivity contribution in [1.29, 1.82) is 0 Å². The highest BCUT2D eigenvalue weighted by Gasteiger charge is 2.20. The van der Waals surface area contributed by atoms with Gasteiger partial charge < -0.3 is 9.47 Å². The van der Waals surface area contributed by atoms with E-state index in [0.717, 1.165) is 19.6 Å². The van der Waals surface area contributed by atoms with Gasteiger partial charge in [-0.3, -0.25) is 9.69 Å². The molecule has 0 radical (unpaired) electrons. The Labute approximate surface area is 112 Å². The minimum Gasteiger partial charge on any atom is -0.490 e. The van der Waals surface area contributed by atoms with Crippen LogP contribution in [0.2, 0.25) is 0 Å². The number of benzene rings is 1. The van der Waals surface area contributed by atoms with E-state index in [1.807, 2.05) is 0 Å². The molecule has 1 heterocycles. The molecule has 0 saturated carbocycles. The lowest BCUT2D eigenvalue weighted by Gasteiger charge is -2.31. The minimum atomic E-state index is -0.444. The minimum absolute atomic E-state index is 0.0155. The highest BCUT2D eigenvalue weighted by atomic mass is 19.1. The molecule has 1 aromatic rings. The van der Waals surface area contributed by atoms with Crippen LogP contribution >= 0.6 is 0 Å². The molecular formula is C14H18FNO3. The van der Waals surface area contributed by atoms with Crippen LogP contribution in [0.1, 0.15) is 17.3 Å². The molecule has 1 atom stereocenters. The molecule has 1 saturated heterocycles. The number of hydrogen-bond donors (Lipinski definition) is 0. The lowest BCUT2D eigenvalue weighted by molar-refractivity contribution is -0.0464. The van der Waals surface area contributed by atoms with Gasteiger partial charge in [0.15, 0.2) is 6.29 Å². The molecule has 1 fully saturated rings. The molecule has 1 unspecified atom stereocenters. The normalized spacial score (nSPS) is 20.2. The van der Waals surface area contributed by atoms with E-state index in [4.69, 9.17) is 9.47 Å². The first kappa shape index (κ1) is 14.0. The summed E-state index contributed by atoms with van der Waals surface area (Å²) < 4.78 is 24.1. The summed E-state index contributed by atoms with van der Waals surface area (Å²) in [5, 5.41) is 0. The number of aldehydes is 1. The van der Waals surface area contributed by atoms with Crippen LogP contribution < -0.4 is 4.74 Å². The molecule has 1 aliphatic heterocycles. The Kier molecular flexibility index (Phi) is 4.87. The molecule has 104 valence electrons. The van der Waals surface area contributed by atoms with Crippen LogP contribution in [0.4, 0.5) is 4.39 Å². The molecule has 1 aromatic carbocycles. The zero-order chi connectivity index (χ0) is 13.7. The topological polar surface area (TPSA) is 38.8 Å². The van der Waals surface area contributed by atoms with Crippen molar-refractivity contribution in [3.05, 3.63) is 29.6 Å². The van der Waals surface area contributed by atoms with Crippen LogP contribution in [0.15, 0.2) is 18.2 Å². The van der Waals surface area contributed by atoms with Gasteiger partial charge >= 0.3 is 0 Å². The molecule has 0 aliphatic carbocycles. The number of carbonyl (C=O) groups is 1. The predicted octanol–water partition coefficient (Wildman–Crippen LogP) is 1.74. The van der Waals surface area contributed by atoms with E-state index in [9.17, 15) is 9.18 Å². The van der Waals surface area contributed by atoms with Crippen LogP contribution in [0.5, 0.6) is 5.75 Å². The molecule has 19 heavy (non-hydrogen) atoms. The van der Waals surface area contributed by atoms with Gasteiger partial charge in [0.25, 0.3) is 0 Å². The molecule has 2 rings (SSSR count). The highest BCUT2D eigenvalue weighted by molar-refractivity contribution is 5.79. The lowest BCUT2D eigenvalue weighted by atomic mass is 10.2. The number of carbonyl (C=O) groups excluding carboxylic acids is 1. The molecule has 0 amide bonds. The third-order valence-electron chi connectivity index (χ3n) is 3.19. The Bertz CT molecular complexity index is 439. The van der Waals surface area contributed by atoms with E-state index < -0.39 is 5.82 Å². The second kappa shape index (κ2) is 6.63. The van der Waals surface area contributed by atoms with E-state index in [-0.39, 0.29) is 11.7 Å². The molecule has 0 aromatic heterocycles. The quantitative estimate of drug-likeness (QED) is 0.762. The monoisotopic (exact) mass is 267 g/mol. The fourth-order valence-electron chi connectivity index (χ4n) is 2.09. The number of likely N-dealkylation sites (N-methyl/N-ethyl adjacent to an activating group) is 1. The maximum atomic E-state index is 13.0. The number of halogens is 1. The van der Waals surface area contributed by atoms with Gasteiger partial charge in [0, 0.05) is 13.1 Å². The van der Waals surface area contributed by atoms with Crippen LogP contribution in [-0.4, -0.2) is 50.1 Å². The number of nitrogens with zero attached hydrogens (tertiary/aromatic N) is 1. The molecule has 0 N–H and O–H groups in total. The van der Waals surface area contributed by atoms with Crippen molar-refractivity contribution in [3.63, 3.8) is 0 Å². The summed E-state index contributed by atoms with van der Waals surface area (Å²) in [6.07, 6.45) is 0.580. The summed E-state index contributed by atoms with van der Waals surface area (Å²) >= 11 is 0. The van der Waals surface area contributed by atoms with Gasteiger partial charge in [-0.05, 0) is 24.7 Å². The first-order valence-corrected chi connectivity index (χ1v) is 6.44. The zero-order valence-corrected chi connectivity index (χ0v) is 11.0. The summed E-state index contributed by atoms with van der Waals surface area (Å²) in [7, 11) is 0. The third kappa shape index (κ3) is 3.75. The summed E-state index contributed by atoms with van der Waals surface area (Å²) in [4.78, 5) is 13.1. The second-order valence-corrected chi connectivity index (χ2v) is 4.50. The van der Waals surface area contributed by atoms with Crippen LogP contribution in [0.3, 0.4) is 0 Å². The van der Waals surface area contributed by atoms with Crippen molar-refractivity contribution in [2.75, 3.05) is 32.8 Å². The highest BCUT2D eigenvalue weighted by Crippen LogP contribution is 2.18. The Morgan fingerprint density at radius 2 is 2.42 bits per heavy atom. The molecule has 0 spiro atoms. The van der Waals surface area contributed by atoms with Crippen LogP contribution in [0.25, 0.3) is 0 Å². The smallest absolute Gasteiger partial charge is 0.153 e. The van der Waals surface area contributed by atoms with Gasteiger partial charge in [-0.2, -0.15) is 0 Å². The third-order valence-corrected chi connectivity index (χ3v) is 3.19. The summed E-state index contributed by atoms with van der Waals surface area (Å²) in [6, 6.07) is 3.92. The van der Waals surface area contributed by atoms with Crippen molar-refractivity contribution in [1.82, 2.24) is 4.90 Å².